The zero-order chi connectivity index (χ0) is 17.8. The second-order valence-electron chi connectivity index (χ2n) is 6.44. The molecule has 2 aliphatic heterocycles. The van der Waals surface area contributed by atoms with E-state index in [1.54, 1.807) is 10.3 Å². The molecule has 0 saturated carbocycles. The van der Waals surface area contributed by atoms with Crippen molar-refractivity contribution in [3.63, 3.8) is 0 Å². The maximum atomic E-state index is 12.6. The van der Waals surface area contributed by atoms with Gasteiger partial charge in [-0.15, -0.1) is 11.3 Å². The second kappa shape index (κ2) is 5.60. The minimum absolute atomic E-state index is 0.134. The van der Waals surface area contributed by atoms with Gasteiger partial charge in [0.1, 0.15) is 17.9 Å². The lowest BCUT2D eigenvalue weighted by molar-refractivity contribution is -0.0841. The molecule has 0 aliphatic carbocycles. The summed E-state index contributed by atoms with van der Waals surface area (Å²) in [6.45, 7) is 3.11. The van der Waals surface area contributed by atoms with E-state index in [0.717, 1.165) is 9.69 Å². The smallest absolute Gasteiger partial charge is 0.332 e. The van der Waals surface area contributed by atoms with Crippen LogP contribution in [0.2, 0.25) is 0 Å². The van der Waals surface area contributed by atoms with Crippen LogP contribution in [0.5, 0.6) is 0 Å². The van der Waals surface area contributed by atoms with Gasteiger partial charge in [-0.25, -0.2) is 9.67 Å². The molecule has 0 N–H and O–H groups in total. The summed E-state index contributed by atoms with van der Waals surface area (Å²) < 4.78 is 8.39. The van der Waals surface area contributed by atoms with Gasteiger partial charge in [0.05, 0.1) is 18.1 Å². The van der Waals surface area contributed by atoms with Gasteiger partial charge in [-0.2, -0.15) is 5.10 Å². The number of rotatable bonds is 1. The highest BCUT2D eigenvalue weighted by atomic mass is 32.1. The van der Waals surface area contributed by atoms with Crippen molar-refractivity contribution in [2.24, 2.45) is 7.05 Å². The SMILES string of the molecule is Cc1nc(C(=O)N2CC[C@@]3(C2)Cn2c(nn(C)c(=O)c2=O)CO3)cs1. The highest BCUT2D eigenvalue weighted by molar-refractivity contribution is 7.09. The van der Waals surface area contributed by atoms with Crippen LogP contribution in [0.3, 0.4) is 0 Å². The van der Waals surface area contributed by atoms with Crippen molar-refractivity contribution in [1.29, 1.82) is 0 Å². The normalized spacial score (nSPS) is 22.4. The van der Waals surface area contributed by atoms with E-state index in [2.05, 4.69) is 10.1 Å². The predicted molar refractivity (Wildman–Crippen MR) is 88.6 cm³/mol. The number of aryl methyl sites for hydroxylation is 2. The highest BCUT2D eigenvalue weighted by Gasteiger charge is 2.45. The van der Waals surface area contributed by atoms with Gasteiger partial charge >= 0.3 is 11.1 Å². The first-order chi connectivity index (χ1) is 11.9. The Balaban J connectivity index is 1.59. The lowest BCUT2D eigenvalue weighted by atomic mass is 10.0. The summed E-state index contributed by atoms with van der Waals surface area (Å²) in [6.07, 6.45) is 0.600. The van der Waals surface area contributed by atoms with Gasteiger partial charge in [-0.3, -0.25) is 19.0 Å². The van der Waals surface area contributed by atoms with Crippen LogP contribution in [-0.2, 0) is 24.9 Å². The fourth-order valence-electron chi connectivity index (χ4n) is 3.35. The van der Waals surface area contributed by atoms with E-state index in [-0.39, 0.29) is 19.1 Å². The zero-order valence-corrected chi connectivity index (χ0v) is 14.7. The van der Waals surface area contributed by atoms with Crippen molar-refractivity contribution >= 4 is 17.2 Å². The Kier molecular flexibility index (Phi) is 3.62. The molecule has 2 aromatic rings. The maximum absolute atomic E-state index is 12.6. The van der Waals surface area contributed by atoms with Crippen LogP contribution in [0, 0.1) is 6.92 Å². The molecule has 0 radical (unpaired) electrons. The van der Waals surface area contributed by atoms with Crippen molar-refractivity contribution < 1.29 is 9.53 Å². The molecule has 1 spiro atoms. The van der Waals surface area contributed by atoms with E-state index in [1.165, 1.54) is 23.0 Å². The molecular weight excluding hydrogens is 346 g/mol. The van der Waals surface area contributed by atoms with Crippen molar-refractivity contribution in [2.75, 3.05) is 13.1 Å². The Morgan fingerprint density at radius 1 is 1.32 bits per heavy atom. The Bertz CT molecular complexity index is 977. The van der Waals surface area contributed by atoms with Crippen molar-refractivity contribution in [3.8, 4) is 0 Å². The van der Waals surface area contributed by atoms with Gasteiger partial charge in [-0.1, -0.05) is 0 Å². The van der Waals surface area contributed by atoms with Crippen LogP contribution in [0.15, 0.2) is 15.0 Å². The fourth-order valence-corrected chi connectivity index (χ4v) is 3.94. The van der Waals surface area contributed by atoms with Gasteiger partial charge in [0.15, 0.2) is 5.82 Å². The first-order valence-electron chi connectivity index (χ1n) is 7.91. The second-order valence-corrected chi connectivity index (χ2v) is 7.50. The molecule has 2 aromatic heterocycles. The molecule has 1 saturated heterocycles. The van der Waals surface area contributed by atoms with E-state index >= 15 is 0 Å². The first-order valence-corrected chi connectivity index (χ1v) is 8.79. The molecule has 25 heavy (non-hydrogen) atoms. The molecule has 2 aliphatic rings. The topological polar surface area (TPSA) is 99.3 Å². The highest BCUT2D eigenvalue weighted by Crippen LogP contribution is 2.31. The molecule has 132 valence electrons. The molecule has 0 aromatic carbocycles. The summed E-state index contributed by atoms with van der Waals surface area (Å²) in [7, 11) is 1.45. The van der Waals surface area contributed by atoms with Crippen molar-refractivity contribution in [3.05, 3.63) is 42.6 Å². The van der Waals surface area contributed by atoms with Crippen LogP contribution >= 0.6 is 11.3 Å². The van der Waals surface area contributed by atoms with E-state index in [9.17, 15) is 14.4 Å². The van der Waals surface area contributed by atoms with Gasteiger partial charge in [0.25, 0.3) is 5.91 Å². The zero-order valence-electron chi connectivity index (χ0n) is 13.9. The summed E-state index contributed by atoms with van der Waals surface area (Å²) >= 11 is 1.43. The standard InChI is InChI=1S/C15H17N5O4S/c1-9-16-10(6-25-9)12(21)19-4-3-15(7-19)8-20-11(5-24-15)17-18(2)13(22)14(20)23/h6H,3-5,7-8H2,1-2H3/t15-/m1/s1. The Hall–Kier alpha value is -2.33. The number of thiazole rings is 1. The number of nitrogens with zero attached hydrogens (tertiary/aromatic N) is 5. The molecule has 10 heteroatoms. The number of carbonyl (C=O) groups is 1. The van der Waals surface area contributed by atoms with Gasteiger partial charge in [-0.05, 0) is 13.3 Å². The van der Waals surface area contributed by atoms with Crippen LogP contribution < -0.4 is 11.1 Å². The number of hydrogen-bond donors (Lipinski definition) is 0. The van der Waals surface area contributed by atoms with Crippen LogP contribution in [0.25, 0.3) is 0 Å². The monoisotopic (exact) mass is 363 g/mol. The number of amides is 1. The average molecular weight is 363 g/mol. The first kappa shape index (κ1) is 16.2. The third-order valence-corrected chi connectivity index (χ3v) is 5.47. The molecule has 0 unspecified atom stereocenters. The number of fused-ring (bicyclic) bond motifs is 1. The van der Waals surface area contributed by atoms with Crippen LogP contribution in [0.4, 0.5) is 0 Å². The minimum atomic E-state index is -0.662. The van der Waals surface area contributed by atoms with Crippen LogP contribution in [0.1, 0.15) is 27.7 Å². The molecule has 4 rings (SSSR count). The van der Waals surface area contributed by atoms with Crippen molar-refractivity contribution in [2.45, 2.75) is 32.1 Å². The molecule has 0 bridgehead atoms. The lowest BCUT2D eigenvalue weighted by Crippen LogP contribution is -2.53. The molecule has 1 fully saturated rings. The number of carbonyl (C=O) groups excluding carboxylic acids is 1. The third-order valence-electron chi connectivity index (χ3n) is 4.69. The van der Waals surface area contributed by atoms with Gasteiger partial charge in [0, 0.05) is 19.0 Å². The molecule has 1 amide bonds. The van der Waals surface area contributed by atoms with E-state index in [4.69, 9.17) is 4.74 Å². The van der Waals surface area contributed by atoms with E-state index < -0.39 is 16.7 Å². The summed E-state index contributed by atoms with van der Waals surface area (Å²) in [5, 5.41) is 6.68. The lowest BCUT2D eigenvalue weighted by Gasteiger charge is -2.34. The maximum Gasteiger partial charge on any atom is 0.332 e. The predicted octanol–water partition coefficient (Wildman–Crippen LogP) is -0.478. The fraction of sp³-hybridized carbons (Fsp3) is 0.533. The molecule has 1 atom stereocenters. The largest absolute Gasteiger partial charge is 0.363 e. The number of ether oxygens (including phenoxy) is 1. The molecular formula is C15H17N5O4S. The van der Waals surface area contributed by atoms with E-state index in [1.807, 2.05) is 6.92 Å². The summed E-state index contributed by atoms with van der Waals surface area (Å²) in [5.74, 6) is 0.294. The minimum Gasteiger partial charge on any atom is -0.363 e. The summed E-state index contributed by atoms with van der Waals surface area (Å²) in [6, 6.07) is 0. The number of likely N-dealkylation sites (tertiary alicyclic amines) is 1. The third kappa shape index (κ3) is 2.61. The Morgan fingerprint density at radius 3 is 2.84 bits per heavy atom. The molecule has 9 nitrogen and oxygen atoms in total. The van der Waals surface area contributed by atoms with Crippen molar-refractivity contribution in [1.82, 2.24) is 24.2 Å². The average Bonchev–Trinajstić information content (AvgIpc) is 3.20. The Labute approximate surface area is 146 Å². The van der Waals surface area contributed by atoms with Gasteiger partial charge in [0.2, 0.25) is 0 Å². The summed E-state index contributed by atoms with van der Waals surface area (Å²) in [4.78, 5) is 42.6. The quantitative estimate of drug-likeness (QED) is 0.635. The number of hydrogen-bond acceptors (Lipinski definition) is 7. The van der Waals surface area contributed by atoms with Crippen LogP contribution in [-0.4, -0.2) is 48.8 Å². The van der Waals surface area contributed by atoms with E-state index in [0.29, 0.717) is 31.0 Å². The molecule has 4 heterocycles. The van der Waals surface area contributed by atoms with Gasteiger partial charge < -0.3 is 9.64 Å². The number of aromatic nitrogens is 4. The summed E-state index contributed by atoms with van der Waals surface area (Å²) in [5.41, 5.74) is -1.49. The Morgan fingerprint density at radius 2 is 2.12 bits per heavy atom.